The number of nitrogens with zero attached hydrogens (tertiary/aromatic N) is 5. The van der Waals surface area contributed by atoms with Gasteiger partial charge in [-0.2, -0.15) is 4.98 Å². The summed E-state index contributed by atoms with van der Waals surface area (Å²) in [6.07, 6.45) is -0.138. The number of aliphatic hydroxyl groups is 2. The number of thiazole rings is 1. The minimum Gasteiger partial charge on any atom is -0.390 e. The Morgan fingerprint density at radius 3 is 2.63 bits per heavy atom. The van der Waals surface area contributed by atoms with Crippen molar-refractivity contribution < 1.29 is 28.5 Å². The Morgan fingerprint density at radius 1 is 1.09 bits per heavy atom. The molecule has 226 valence electrons. The number of aryl methyl sites for hydroxylation is 2. The van der Waals surface area contributed by atoms with E-state index in [2.05, 4.69) is 25.6 Å². The molecule has 0 unspecified atom stereocenters. The first kappa shape index (κ1) is 29.2. The quantitative estimate of drug-likeness (QED) is 0.235. The SMILES string of the molecule is Cc1nc(NCc2c(F)cccc2F)nc(N[C@@H]2C[C@H](CN3CCOCC3=O)[C@@H](O)[C@H]2O)c1-c1nc2c(C)nccc2s1. The summed E-state index contributed by atoms with van der Waals surface area (Å²) in [6.45, 7) is 4.60. The van der Waals surface area contributed by atoms with E-state index < -0.39 is 29.9 Å². The molecule has 4 N–H and O–H groups in total. The van der Waals surface area contributed by atoms with Crippen molar-refractivity contribution in [1.82, 2.24) is 24.8 Å². The number of hydrogen-bond donors (Lipinski definition) is 4. The van der Waals surface area contributed by atoms with Gasteiger partial charge in [0.1, 0.15) is 40.7 Å². The van der Waals surface area contributed by atoms with E-state index in [4.69, 9.17) is 9.72 Å². The summed E-state index contributed by atoms with van der Waals surface area (Å²) in [4.78, 5) is 32.3. The van der Waals surface area contributed by atoms with E-state index in [-0.39, 0.29) is 36.5 Å². The zero-order chi connectivity index (χ0) is 30.2. The van der Waals surface area contributed by atoms with Crippen LogP contribution >= 0.6 is 11.3 Å². The highest BCUT2D eigenvalue weighted by atomic mass is 32.1. The van der Waals surface area contributed by atoms with Crippen LogP contribution in [0, 0.1) is 31.4 Å². The molecule has 0 bridgehead atoms. The second kappa shape index (κ2) is 12.0. The predicted octanol–water partition coefficient (Wildman–Crippen LogP) is 3.04. The smallest absolute Gasteiger partial charge is 0.248 e. The lowest BCUT2D eigenvalue weighted by atomic mass is 10.0. The van der Waals surface area contributed by atoms with Gasteiger partial charge < -0.3 is 30.5 Å². The number of aliphatic hydroxyl groups excluding tert-OH is 2. The van der Waals surface area contributed by atoms with Gasteiger partial charge in [0.25, 0.3) is 0 Å². The predicted molar refractivity (Wildman–Crippen MR) is 157 cm³/mol. The molecule has 1 saturated carbocycles. The first-order valence-corrected chi connectivity index (χ1v) is 14.8. The van der Waals surface area contributed by atoms with Crippen molar-refractivity contribution in [2.75, 3.05) is 36.9 Å². The highest BCUT2D eigenvalue weighted by molar-refractivity contribution is 7.21. The number of halogens is 2. The molecular formula is C29H31F2N7O4S. The average Bonchev–Trinajstić information content (AvgIpc) is 3.51. The zero-order valence-corrected chi connectivity index (χ0v) is 24.4. The molecule has 2 fully saturated rings. The molecule has 0 spiro atoms. The van der Waals surface area contributed by atoms with Gasteiger partial charge in [-0.15, -0.1) is 11.3 Å². The molecular weight excluding hydrogens is 580 g/mol. The minimum absolute atomic E-state index is 0.000336. The van der Waals surface area contributed by atoms with Crippen molar-refractivity contribution in [1.29, 1.82) is 0 Å². The van der Waals surface area contributed by atoms with Gasteiger partial charge >= 0.3 is 0 Å². The fraction of sp³-hybridized carbons (Fsp3) is 0.414. The van der Waals surface area contributed by atoms with E-state index in [0.717, 1.165) is 15.9 Å². The van der Waals surface area contributed by atoms with E-state index in [0.29, 0.717) is 48.2 Å². The number of rotatable bonds is 8. The van der Waals surface area contributed by atoms with E-state index in [9.17, 15) is 23.8 Å². The topological polar surface area (TPSA) is 146 Å². The average molecular weight is 612 g/mol. The van der Waals surface area contributed by atoms with Crippen LogP contribution in [0.2, 0.25) is 0 Å². The maximum atomic E-state index is 14.3. The van der Waals surface area contributed by atoms with Crippen LogP contribution in [0.25, 0.3) is 20.8 Å². The van der Waals surface area contributed by atoms with Gasteiger partial charge in [0.05, 0.1) is 40.4 Å². The maximum absolute atomic E-state index is 14.3. The Morgan fingerprint density at radius 2 is 1.88 bits per heavy atom. The molecule has 11 nitrogen and oxygen atoms in total. The van der Waals surface area contributed by atoms with Crippen molar-refractivity contribution in [2.45, 2.75) is 45.1 Å². The van der Waals surface area contributed by atoms with E-state index in [1.165, 1.54) is 29.5 Å². The molecule has 1 aliphatic heterocycles. The fourth-order valence-corrected chi connectivity index (χ4v) is 6.73. The molecule has 1 aliphatic carbocycles. The third-order valence-electron chi connectivity index (χ3n) is 7.94. The number of carbonyl (C=O) groups is 1. The van der Waals surface area contributed by atoms with E-state index >= 15 is 0 Å². The van der Waals surface area contributed by atoms with E-state index in [1.54, 1.807) is 18.0 Å². The number of aromatic nitrogens is 4. The zero-order valence-electron chi connectivity index (χ0n) is 23.5. The summed E-state index contributed by atoms with van der Waals surface area (Å²) in [5, 5.41) is 28.8. The second-order valence-corrected chi connectivity index (χ2v) is 11.8. The molecule has 1 saturated heterocycles. The molecule has 6 rings (SSSR count). The highest BCUT2D eigenvalue weighted by Gasteiger charge is 2.43. The van der Waals surface area contributed by atoms with Crippen LogP contribution < -0.4 is 10.6 Å². The van der Waals surface area contributed by atoms with Gasteiger partial charge in [-0.1, -0.05) is 6.07 Å². The summed E-state index contributed by atoms with van der Waals surface area (Å²) < 4.78 is 34.7. The lowest BCUT2D eigenvalue weighted by Crippen LogP contribution is -2.45. The van der Waals surface area contributed by atoms with Crippen molar-refractivity contribution in [2.24, 2.45) is 5.92 Å². The van der Waals surface area contributed by atoms with Crippen molar-refractivity contribution in [3.63, 3.8) is 0 Å². The lowest BCUT2D eigenvalue weighted by molar-refractivity contribution is -0.144. The van der Waals surface area contributed by atoms with Gasteiger partial charge in [0.2, 0.25) is 11.9 Å². The number of pyridine rings is 1. The summed E-state index contributed by atoms with van der Waals surface area (Å²) in [6, 6.07) is 4.92. The standard InChI is InChI=1S/C29H31F2N7O4S/c1-14-23(28-36-24-15(2)32-7-6-21(24)43-28)27(37-29(34-14)33-11-17-18(30)4-3-5-19(17)31)35-20-10-16(25(40)26(20)41)12-38-8-9-42-13-22(38)39/h3-7,16,20,25-26,40-41H,8-13H2,1-2H3,(H2,33,34,35,37)/t16-,20-,25-,26+/m1/s1. The first-order valence-electron chi connectivity index (χ1n) is 14.0. The van der Waals surface area contributed by atoms with E-state index in [1.807, 2.05) is 13.0 Å². The molecule has 14 heteroatoms. The number of amides is 1. The van der Waals surface area contributed by atoms with Crippen molar-refractivity contribution in [3.05, 3.63) is 59.0 Å². The fourth-order valence-electron chi connectivity index (χ4n) is 5.62. The van der Waals surface area contributed by atoms with Gasteiger partial charge in [-0.25, -0.2) is 18.7 Å². The maximum Gasteiger partial charge on any atom is 0.248 e. The molecule has 3 aromatic heterocycles. The molecule has 2 aliphatic rings. The molecule has 4 heterocycles. The Kier molecular flexibility index (Phi) is 8.18. The summed E-state index contributed by atoms with van der Waals surface area (Å²) >= 11 is 1.44. The number of benzene rings is 1. The molecule has 4 aromatic rings. The molecule has 1 amide bonds. The van der Waals surface area contributed by atoms with Crippen LogP contribution in [-0.4, -0.2) is 85.5 Å². The molecule has 43 heavy (non-hydrogen) atoms. The molecule has 1 aromatic carbocycles. The Bertz CT molecular complexity index is 1650. The number of carbonyl (C=O) groups excluding carboxylic acids is 1. The number of nitrogens with one attached hydrogen (secondary N) is 2. The summed E-state index contributed by atoms with van der Waals surface area (Å²) in [5.74, 6) is -1.45. The number of hydrogen-bond acceptors (Lipinski definition) is 11. The molecule has 4 atom stereocenters. The number of fused-ring (bicyclic) bond motifs is 1. The Hall–Kier alpha value is -3.85. The largest absolute Gasteiger partial charge is 0.390 e. The lowest BCUT2D eigenvalue weighted by Gasteiger charge is -2.30. The van der Waals surface area contributed by atoms with Crippen LogP contribution in [0.15, 0.2) is 30.5 Å². The number of anilines is 2. The first-order chi connectivity index (χ1) is 20.7. The van der Waals surface area contributed by atoms with Crippen molar-refractivity contribution >= 4 is 39.2 Å². The number of ether oxygens (including phenoxy) is 1. The van der Waals surface area contributed by atoms with Crippen LogP contribution in [0.1, 0.15) is 23.4 Å². The Labute approximate surface area is 250 Å². The monoisotopic (exact) mass is 611 g/mol. The summed E-state index contributed by atoms with van der Waals surface area (Å²) in [5.41, 5.74) is 2.51. The van der Waals surface area contributed by atoms with Gasteiger partial charge in [0, 0.05) is 37.3 Å². The van der Waals surface area contributed by atoms with Gasteiger partial charge in [-0.05, 0) is 38.5 Å². The van der Waals surface area contributed by atoms with Crippen molar-refractivity contribution in [3.8, 4) is 10.6 Å². The van der Waals surface area contributed by atoms with Crippen LogP contribution in [0.5, 0.6) is 0 Å². The van der Waals surface area contributed by atoms with Crippen LogP contribution in [0.4, 0.5) is 20.5 Å². The Balaban J connectivity index is 1.32. The third-order valence-corrected chi connectivity index (χ3v) is 8.98. The number of morpholine rings is 1. The van der Waals surface area contributed by atoms with Crippen LogP contribution in [-0.2, 0) is 16.1 Å². The second-order valence-electron chi connectivity index (χ2n) is 10.8. The summed E-state index contributed by atoms with van der Waals surface area (Å²) in [7, 11) is 0. The normalized spacial score (nSPS) is 22.4. The van der Waals surface area contributed by atoms with Gasteiger partial charge in [-0.3, -0.25) is 9.78 Å². The molecule has 0 radical (unpaired) electrons. The highest BCUT2D eigenvalue weighted by Crippen LogP contribution is 2.38. The van der Waals surface area contributed by atoms with Crippen LogP contribution in [0.3, 0.4) is 0 Å². The van der Waals surface area contributed by atoms with Gasteiger partial charge in [0.15, 0.2) is 0 Å². The minimum atomic E-state index is -1.14. The third kappa shape index (κ3) is 5.87.